The molecule has 3 rings (SSSR count). The third kappa shape index (κ3) is 5.92. The normalized spacial score (nSPS) is 11.7. The van der Waals surface area contributed by atoms with Crippen molar-refractivity contribution in [3.63, 3.8) is 0 Å². The van der Waals surface area contributed by atoms with Crippen LogP contribution in [-0.2, 0) is 20.0 Å². The van der Waals surface area contributed by atoms with Gasteiger partial charge in [0.1, 0.15) is 11.5 Å². The fourth-order valence-corrected chi connectivity index (χ4v) is 5.76. The number of Topliss-reactive ketones (excluding diaryl/α,β-unsaturated/α-hetero) is 2. The molecule has 3 aromatic rings. The average Bonchev–Trinajstić information content (AvgIpc) is 2.73. The molecule has 0 saturated heterocycles. The molecule has 0 bridgehead atoms. The molecule has 0 atom stereocenters. The Morgan fingerprint density at radius 3 is 1.52 bits per heavy atom. The second-order valence-electron chi connectivity index (χ2n) is 7.34. The monoisotopic (exact) mass is 487 g/mol. The molecule has 0 fully saturated rings. The molecule has 0 aromatic heterocycles. The Hall–Kier alpha value is -3.34. The van der Waals surface area contributed by atoms with E-state index in [0.29, 0.717) is 11.1 Å². The van der Waals surface area contributed by atoms with Gasteiger partial charge in [-0.15, -0.1) is 4.13 Å². The number of sulfonamides is 2. The first-order valence-corrected chi connectivity index (χ1v) is 12.6. The minimum atomic E-state index is -4.38. The standard InChI is InChI=1S/C23H21NO7S2/c1-15-4-8-22(9-5-15)32(27,28)24-33(29,30)23-10-6-20(7-11-23)31-21-13-18(16(2)25)12-19(14-21)17(3)26/h4-14,24H,1-3H3. The van der Waals surface area contributed by atoms with Crippen LogP contribution in [0.1, 0.15) is 40.1 Å². The van der Waals surface area contributed by atoms with Crippen molar-refractivity contribution < 1.29 is 31.2 Å². The number of rotatable bonds is 8. The first-order chi connectivity index (χ1) is 15.4. The van der Waals surface area contributed by atoms with Gasteiger partial charge in [-0.1, -0.05) is 17.7 Å². The smallest absolute Gasteiger partial charge is 0.253 e. The molecule has 0 radical (unpaired) electrons. The Kier molecular flexibility index (Phi) is 6.82. The lowest BCUT2D eigenvalue weighted by molar-refractivity contribution is 0.101. The van der Waals surface area contributed by atoms with E-state index in [-0.39, 0.29) is 32.9 Å². The zero-order valence-electron chi connectivity index (χ0n) is 18.0. The SMILES string of the molecule is CC(=O)c1cc(Oc2ccc(S(=O)(=O)NS(=O)(=O)c3ccc(C)cc3)cc2)cc(C(C)=O)c1. The van der Waals surface area contributed by atoms with E-state index in [1.54, 1.807) is 23.2 Å². The summed E-state index contributed by atoms with van der Waals surface area (Å²) in [5, 5.41) is 0. The van der Waals surface area contributed by atoms with E-state index < -0.39 is 20.0 Å². The number of aryl methyl sites for hydroxylation is 1. The summed E-state index contributed by atoms with van der Waals surface area (Å²) >= 11 is 0. The summed E-state index contributed by atoms with van der Waals surface area (Å²) in [7, 11) is -8.69. The number of ether oxygens (including phenoxy) is 1. The number of carbonyl (C=O) groups excluding carboxylic acids is 2. The van der Waals surface area contributed by atoms with E-state index in [1.165, 1.54) is 68.4 Å². The fourth-order valence-electron chi connectivity index (χ4n) is 2.85. The van der Waals surface area contributed by atoms with Crippen molar-refractivity contribution in [3.8, 4) is 11.5 Å². The Bertz CT molecular complexity index is 1390. The lowest BCUT2D eigenvalue weighted by atomic mass is 10.0. The molecule has 0 aliphatic carbocycles. The van der Waals surface area contributed by atoms with Crippen LogP contribution in [0.5, 0.6) is 11.5 Å². The quantitative estimate of drug-likeness (QED) is 0.479. The molecular formula is C23H21NO7S2. The molecule has 0 aliphatic rings. The van der Waals surface area contributed by atoms with Crippen molar-refractivity contribution in [2.75, 3.05) is 0 Å². The summed E-state index contributed by atoms with van der Waals surface area (Å²) in [6.07, 6.45) is 0. The second-order valence-corrected chi connectivity index (χ2v) is 11.0. The summed E-state index contributed by atoms with van der Waals surface area (Å²) in [6.45, 7) is 4.50. The maximum Gasteiger partial charge on any atom is 0.253 e. The number of ketones is 2. The van der Waals surface area contributed by atoms with Crippen molar-refractivity contribution in [1.82, 2.24) is 4.13 Å². The van der Waals surface area contributed by atoms with Crippen molar-refractivity contribution in [3.05, 3.63) is 83.4 Å². The second kappa shape index (κ2) is 9.26. The van der Waals surface area contributed by atoms with Crippen LogP contribution in [0, 0.1) is 6.92 Å². The van der Waals surface area contributed by atoms with Crippen molar-refractivity contribution in [2.45, 2.75) is 30.6 Å². The van der Waals surface area contributed by atoms with Crippen LogP contribution >= 0.6 is 0 Å². The predicted molar refractivity (Wildman–Crippen MR) is 122 cm³/mol. The third-order valence-electron chi connectivity index (χ3n) is 4.64. The van der Waals surface area contributed by atoms with Gasteiger partial charge >= 0.3 is 0 Å². The average molecular weight is 488 g/mol. The largest absolute Gasteiger partial charge is 0.457 e. The molecule has 3 aromatic carbocycles. The van der Waals surface area contributed by atoms with E-state index in [2.05, 4.69) is 0 Å². The third-order valence-corrected chi connectivity index (χ3v) is 8.18. The molecule has 10 heteroatoms. The topological polar surface area (TPSA) is 124 Å². The molecule has 0 heterocycles. The van der Waals surface area contributed by atoms with Gasteiger partial charge in [0.15, 0.2) is 11.6 Å². The molecule has 0 saturated carbocycles. The summed E-state index contributed by atoms with van der Waals surface area (Å²) in [5.74, 6) is -0.0374. The van der Waals surface area contributed by atoms with Crippen LogP contribution in [0.25, 0.3) is 0 Å². The van der Waals surface area contributed by atoms with Crippen molar-refractivity contribution in [1.29, 1.82) is 0 Å². The molecule has 1 N–H and O–H groups in total. The van der Waals surface area contributed by atoms with Gasteiger partial charge in [0.05, 0.1) is 9.79 Å². The van der Waals surface area contributed by atoms with Crippen molar-refractivity contribution >= 4 is 31.6 Å². The van der Waals surface area contributed by atoms with Gasteiger partial charge in [-0.05, 0) is 75.4 Å². The van der Waals surface area contributed by atoms with E-state index in [4.69, 9.17) is 4.74 Å². The molecule has 0 aliphatic heterocycles. The highest BCUT2D eigenvalue weighted by atomic mass is 32.3. The molecule has 0 unspecified atom stereocenters. The number of nitrogens with one attached hydrogen (secondary N) is 1. The van der Waals surface area contributed by atoms with Gasteiger partial charge in [0, 0.05) is 11.1 Å². The van der Waals surface area contributed by atoms with E-state index in [1.807, 2.05) is 0 Å². The number of carbonyl (C=O) groups is 2. The van der Waals surface area contributed by atoms with E-state index in [0.717, 1.165) is 5.56 Å². The molecular weight excluding hydrogens is 466 g/mol. The Morgan fingerprint density at radius 1 is 0.667 bits per heavy atom. The van der Waals surface area contributed by atoms with Gasteiger partial charge in [-0.3, -0.25) is 9.59 Å². The minimum Gasteiger partial charge on any atom is -0.457 e. The zero-order chi connectivity index (χ0) is 24.4. The van der Waals surface area contributed by atoms with Gasteiger partial charge in [0.25, 0.3) is 20.0 Å². The maximum atomic E-state index is 12.6. The van der Waals surface area contributed by atoms with Gasteiger partial charge in [-0.2, -0.15) is 0 Å². The summed E-state index contributed by atoms with van der Waals surface area (Å²) in [5.41, 5.74) is 1.42. The van der Waals surface area contributed by atoms with Crippen molar-refractivity contribution in [2.24, 2.45) is 0 Å². The van der Waals surface area contributed by atoms with Crippen LogP contribution in [-0.4, -0.2) is 28.4 Å². The lowest BCUT2D eigenvalue weighted by Gasteiger charge is -2.11. The Morgan fingerprint density at radius 2 is 1.09 bits per heavy atom. The first-order valence-electron chi connectivity index (χ1n) is 9.67. The van der Waals surface area contributed by atoms with Crippen LogP contribution < -0.4 is 8.86 Å². The van der Waals surface area contributed by atoms with Crippen LogP contribution in [0.3, 0.4) is 0 Å². The molecule has 0 spiro atoms. The molecule has 172 valence electrons. The summed E-state index contributed by atoms with van der Waals surface area (Å²) < 4.78 is 57.5. The minimum absolute atomic E-state index is 0.178. The number of benzene rings is 3. The van der Waals surface area contributed by atoms with Crippen LogP contribution in [0.15, 0.2) is 76.5 Å². The molecule has 0 amide bonds. The summed E-state index contributed by atoms with van der Waals surface area (Å²) in [4.78, 5) is 23.0. The number of hydrogen-bond donors (Lipinski definition) is 1. The first kappa shape index (κ1) is 24.3. The van der Waals surface area contributed by atoms with E-state index >= 15 is 0 Å². The zero-order valence-corrected chi connectivity index (χ0v) is 19.7. The Labute approximate surface area is 192 Å². The molecule has 33 heavy (non-hydrogen) atoms. The van der Waals surface area contributed by atoms with Crippen LogP contribution in [0.2, 0.25) is 0 Å². The van der Waals surface area contributed by atoms with Gasteiger partial charge in [0.2, 0.25) is 0 Å². The molecule has 8 nitrogen and oxygen atoms in total. The number of hydrogen-bond acceptors (Lipinski definition) is 7. The maximum absolute atomic E-state index is 12.6. The lowest BCUT2D eigenvalue weighted by Crippen LogP contribution is -2.30. The highest BCUT2D eigenvalue weighted by molar-refractivity contribution is 8.04. The Balaban J connectivity index is 1.83. The van der Waals surface area contributed by atoms with Gasteiger partial charge in [-0.25, -0.2) is 16.8 Å². The fraction of sp³-hybridized carbons (Fsp3) is 0.130. The predicted octanol–water partition coefficient (Wildman–Crippen LogP) is 3.86. The highest BCUT2D eigenvalue weighted by Gasteiger charge is 2.24. The van der Waals surface area contributed by atoms with Gasteiger partial charge < -0.3 is 4.74 Å². The van der Waals surface area contributed by atoms with Crippen LogP contribution in [0.4, 0.5) is 0 Å². The highest BCUT2D eigenvalue weighted by Crippen LogP contribution is 2.26. The van der Waals surface area contributed by atoms with E-state index in [9.17, 15) is 26.4 Å². The summed E-state index contributed by atoms with van der Waals surface area (Å²) in [6, 6.07) is 15.2.